The van der Waals surface area contributed by atoms with Crippen LogP contribution in [-0.2, 0) is 11.0 Å². The monoisotopic (exact) mass is 507 g/mol. The highest BCUT2D eigenvalue weighted by molar-refractivity contribution is 6.05. The second-order valence-electron chi connectivity index (χ2n) is 7.81. The van der Waals surface area contributed by atoms with Crippen LogP contribution in [0, 0.1) is 0 Å². The first-order valence-electron chi connectivity index (χ1n) is 10.4. The summed E-state index contributed by atoms with van der Waals surface area (Å²) in [6.07, 6.45) is -1.65. The molecule has 190 valence electrons. The van der Waals surface area contributed by atoms with Gasteiger partial charge in [0.25, 0.3) is 17.7 Å². The number of carbonyl (C=O) groups is 2. The fourth-order valence-electron chi connectivity index (χ4n) is 3.28. The predicted molar refractivity (Wildman–Crippen MR) is 116 cm³/mol. The van der Waals surface area contributed by atoms with E-state index in [4.69, 9.17) is 18.7 Å². The molecule has 0 aliphatic heterocycles. The van der Waals surface area contributed by atoms with Gasteiger partial charge in [-0.05, 0) is 36.2 Å². The van der Waals surface area contributed by atoms with Crippen LogP contribution in [0.15, 0.2) is 41.2 Å². The maximum Gasteiger partial charge on any atom is 0.420 e. The summed E-state index contributed by atoms with van der Waals surface area (Å²) in [5, 5.41) is 6.17. The smallest absolute Gasteiger partial charge is 0.420 e. The molecule has 4 rings (SSSR count). The molecule has 0 atom stereocenters. The Balaban J connectivity index is 1.45. The third-order valence-corrected chi connectivity index (χ3v) is 5.37. The Kier molecular flexibility index (Phi) is 6.43. The van der Waals surface area contributed by atoms with Crippen molar-refractivity contribution >= 4 is 17.8 Å². The normalized spacial score (nSPS) is 14.1. The molecule has 1 fully saturated rings. The van der Waals surface area contributed by atoms with E-state index in [2.05, 4.69) is 20.4 Å². The minimum atomic E-state index is -4.68. The van der Waals surface area contributed by atoms with Crippen molar-refractivity contribution in [3.63, 3.8) is 0 Å². The first kappa shape index (κ1) is 24.8. The van der Waals surface area contributed by atoms with E-state index >= 15 is 0 Å². The quantitative estimate of drug-likeness (QED) is 0.489. The number of halogens is 3. The van der Waals surface area contributed by atoms with Crippen molar-refractivity contribution in [2.24, 2.45) is 0 Å². The molecule has 1 aliphatic carbocycles. The first-order chi connectivity index (χ1) is 17.1. The van der Waals surface area contributed by atoms with Crippen LogP contribution in [0.4, 0.5) is 19.1 Å². The summed E-state index contributed by atoms with van der Waals surface area (Å²) >= 11 is 0. The lowest BCUT2D eigenvalue weighted by Gasteiger charge is -2.22. The van der Waals surface area contributed by atoms with E-state index in [1.54, 1.807) is 0 Å². The van der Waals surface area contributed by atoms with Gasteiger partial charge in [-0.2, -0.15) is 13.2 Å². The van der Waals surface area contributed by atoms with Gasteiger partial charge in [0, 0.05) is 7.05 Å². The third kappa shape index (κ3) is 5.01. The number of rotatable bonds is 8. The summed E-state index contributed by atoms with van der Waals surface area (Å²) in [5.41, 5.74) is -2.20. The molecule has 14 heteroatoms. The zero-order valence-electron chi connectivity index (χ0n) is 19.3. The minimum Gasteiger partial charge on any atom is -0.497 e. The van der Waals surface area contributed by atoms with E-state index in [0.29, 0.717) is 12.8 Å². The number of benzene rings is 1. The van der Waals surface area contributed by atoms with Crippen LogP contribution in [0.2, 0.25) is 0 Å². The number of nitrogens with one attached hydrogen (secondary N) is 1. The molecule has 3 aromatic rings. The molecule has 0 unspecified atom stereocenters. The van der Waals surface area contributed by atoms with Crippen molar-refractivity contribution in [2.75, 3.05) is 26.2 Å². The van der Waals surface area contributed by atoms with Crippen molar-refractivity contribution in [2.45, 2.75) is 24.6 Å². The summed E-state index contributed by atoms with van der Waals surface area (Å²) in [6.45, 7) is 0. The molecule has 0 spiro atoms. The number of alkyl halides is 3. The van der Waals surface area contributed by atoms with Crippen LogP contribution in [0.3, 0.4) is 0 Å². The summed E-state index contributed by atoms with van der Waals surface area (Å²) in [7, 11) is 4.03. The topological polar surface area (TPSA) is 129 Å². The van der Waals surface area contributed by atoms with E-state index in [1.165, 1.54) is 33.4 Å². The van der Waals surface area contributed by atoms with Crippen LogP contribution in [0.5, 0.6) is 23.1 Å². The molecule has 0 radical (unpaired) electrons. The lowest BCUT2D eigenvalue weighted by atomic mass is 10.2. The largest absolute Gasteiger partial charge is 0.497 e. The van der Waals surface area contributed by atoms with Crippen molar-refractivity contribution in [3.05, 3.63) is 48.0 Å². The standard InChI is InChI=1S/C22H20F3N5O6/c1-30(19(32)21(6-7-21)28-18(31)16-9-17(34-3)29-36-16)20-26-10-13(11-27-20)35-15-5-4-12(33-2)8-14(15)22(23,24)25/h4-5,8-11H,6-7H2,1-3H3,(H,28,31). The Morgan fingerprint density at radius 1 is 1.08 bits per heavy atom. The first-order valence-corrected chi connectivity index (χ1v) is 10.4. The summed E-state index contributed by atoms with van der Waals surface area (Å²) in [6, 6.07) is 4.54. The number of aromatic nitrogens is 3. The van der Waals surface area contributed by atoms with Crippen molar-refractivity contribution in [1.82, 2.24) is 20.4 Å². The maximum absolute atomic E-state index is 13.4. The number of methoxy groups -OCH3 is 2. The number of nitrogens with zero attached hydrogens (tertiary/aromatic N) is 4. The van der Waals surface area contributed by atoms with Gasteiger partial charge in [-0.3, -0.25) is 14.5 Å². The third-order valence-electron chi connectivity index (χ3n) is 5.37. The number of likely N-dealkylation sites (N-methyl/N-ethyl adjacent to an activating group) is 1. The van der Waals surface area contributed by atoms with E-state index < -0.39 is 34.8 Å². The highest BCUT2D eigenvalue weighted by Gasteiger charge is 2.53. The second-order valence-corrected chi connectivity index (χ2v) is 7.81. The van der Waals surface area contributed by atoms with Gasteiger partial charge in [-0.15, -0.1) is 0 Å². The number of hydrogen-bond donors (Lipinski definition) is 1. The van der Waals surface area contributed by atoms with Gasteiger partial charge in [-0.1, -0.05) is 0 Å². The molecule has 2 amide bonds. The minimum absolute atomic E-state index is 0.0185. The van der Waals surface area contributed by atoms with Crippen LogP contribution >= 0.6 is 0 Å². The number of anilines is 1. The van der Waals surface area contributed by atoms with E-state index in [-0.39, 0.29) is 29.1 Å². The average molecular weight is 507 g/mol. The molecule has 2 heterocycles. The van der Waals surface area contributed by atoms with Gasteiger partial charge in [0.15, 0.2) is 5.75 Å². The zero-order valence-corrected chi connectivity index (χ0v) is 19.3. The highest BCUT2D eigenvalue weighted by Crippen LogP contribution is 2.40. The fourth-order valence-corrected chi connectivity index (χ4v) is 3.28. The Labute approximate surface area is 202 Å². The lowest BCUT2D eigenvalue weighted by molar-refractivity contribution is -0.138. The molecule has 0 saturated heterocycles. The molecule has 2 aromatic heterocycles. The Bertz CT molecular complexity index is 1270. The van der Waals surface area contributed by atoms with Gasteiger partial charge in [0.2, 0.25) is 11.7 Å². The molecule has 11 nitrogen and oxygen atoms in total. The van der Waals surface area contributed by atoms with E-state index in [1.807, 2.05) is 0 Å². The number of hydrogen-bond acceptors (Lipinski definition) is 9. The summed E-state index contributed by atoms with van der Waals surface area (Å²) < 4.78 is 60.2. The number of ether oxygens (including phenoxy) is 3. The molecule has 1 aromatic carbocycles. The molecule has 1 saturated carbocycles. The van der Waals surface area contributed by atoms with Crippen LogP contribution < -0.4 is 24.4 Å². The van der Waals surface area contributed by atoms with Gasteiger partial charge in [0.05, 0.1) is 32.7 Å². The Morgan fingerprint density at radius 2 is 1.78 bits per heavy atom. The molecular formula is C22H20F3N5O6. The SMILES string of the molecule is COc1ccc(Oc2cnc(N(C)C(=O)C3(NC(=O)c4cc(OC)no4)CC3)nc2)c(C(F)(F)F)c1. The van der Waals surface area contributed by atoms with Crippen LogP contribution in [0.25, 0.3) is 0 Å². The summed E-state index contributed by atoms with van der Waals surface area (Å²) in [5.74, 6) is -1.70. The molecular weight excluding hydrogens is 487 g/mol. The molecule has 0 bridgehead atoms. The predicted octanol–water partition coefficient (Wildman–Crippen LogP) is 3.22. The average Bonchev–Trinajstić information content (AvgIpc) is 3.47. The summed E-state index contributed by atoms with van der Waals surface area (Å²) in [4.78, 5) is 34.7. The van der Waals surface area contributed by atoms with Crippen molar-refractivity contribution < 1.29 is 41.5 Å². The highest BCUT2D eigenvalue weighted by atomic mass is 19.4. The maximum atomic E-state index is 13.4. The van der Waals surface area contributed by atoms with Gasteiger partial charge in [0.1, 0.15) is 22.6 Å². The van der Waals surface area contributed by atoms with Gasteiger partial charge in [-0.25, -0.2) is 9.97 Å². The molecule has 36 heavy (non-hydrogen) atoms. The Hall–Kier alpha value is -4.36. The fraction of sp³-hybridized carbons (Fsp3) is 0.318. The Morgan fingerprint density at radius 3 is 2.33 bits per heavy atom. The van der Waals surface area contributed by atoms with Crippen molar-refractivity contribution in [1.29, 1.82) is 0 Å². The van der Waals surface area contributed by atoms with E-state index in [9.17, 15) is 22.8 Å². The van der Waals surface area contributed by atoms with Crippen molar-refractivity contribution in [3.8, 4) is 23.1 Å². The van der Waals surface area contributed by atoms with Gasteiger partial charge >= 0.3 is 6.18 Å². The number of carbonyl (C=O) groups excluding carboxylic acids is 2. The molecule has 1 aliphatic rings. The van der Waals surface area contributed by atoms with Gasteiger partial charge < -0.3 is 24.1 Å². The number of amides is 2. The van der Waals surface area contributed by atoms with Crippen LogP contribution in [0.1, 0.15) is 29.0 Å². The van der Waals surface area contributed by atoms with Crippen LogP contribution in [-0.4, -0.2) is 53.7 Å². The molecule has 1 N–H and O–H groups in total. The lowest BCUT2D eigenvalue weighted by Crippen LogP contribution is -2.50. The second kappa shape index (κ2) is 9.36. The zero-order chi connectivity index (χ0) is 26.1. The van der Waals surface area contributed by atoms with E-state index in [0.717, 1.165) is 29.4 Å².